The van der Waals surface area contributed by atoms with Crippen LogP contribution in [-0.4, -0.2) is 56.8 Å². The zero-order valence-electron chi connectivity index (χ0n) is 13.8. The van der Waals surface area contributed by atoms with Crippen molar-refractivity contribution < 1.29 is 18.0 Å². The van der Waals surface area contributed by atoms with Crippen molar-refractivity contribution in [3.8, 4) is 0 Å². The van der Waals surface area contributed by atoms with Crippen LogP contribution in [0.25, 0.3) is 0 Å². The molecule has 0 fully saturated rings. The van der Waals surface area contributed by atoms with E-state index < -0.39 is 28.0 Å². The van der Waals surface area contributed by atoms with Crippen LogP contribution >= 0.6 is 11.8 Å². The lowest BCUT2D eigenvalue weighted by Crippen LogP contribution is -2.46. The fourth-order valence-electron chi connectivity index (χ4n) is 1.85. The van der Waals surface area contributed by atoms with E-state index in [0.717, 1.165) is 4.31 Å². The van der Waals surface area contributed by atoms with E-state index in [1.807, 2.05) is 6.26 Å². The Bertz CT molecular complexity index is 692. The summed E-state index contributed by atoms with van der Waals surface area (Å²) in [6.45, 7) is 0. The first-order chi connectivity index (χ1) is 11.2. The van der Waals surface area contributed by atoms with Crippen LogP contribution in [0.2, 0.25) is 0 Å². The third-order valence-corrected chi connectivity index (χ3v) is 5.58. The predicted octanol–water partition coefficient (Wildman–Crippen LogP) is 0.665. The van der Waals surface area contributed by atoms with Crippen molar-refractivity contribution in [3.63, 3.8) is 0 Å². The van der Waals surface area contributed by atoms with Gasteiger partial charge in [0.05, 0.1) is 4.90 Å². The van der Waals surface area contributed by atoms with E-state index in [9.17, 15) is 18.0 Å². The molecule has 1 atom stereocenters. The van der Waals surface area contributed by atoms with E-state index in [1.165, 1.54) is 44.1 Å². The van der Waals surface area contributed by atoms with Crippen molar-refractivity contribution in [3.05, 3.63) is 24.3 Å². The number of carbonyl (C=O) groups is 2. The summed E-state index contributed by atoms with van der Waals surface area (Å²) in [7, 11) is -0.747. The Labute approximate surface area is 146 Å². The highest BCUT2D eigenvalue weighted by atomic mass is 32.2. The first-order valence-corrected chi connectivity index (χ1v) is 9.90. The van der Waals surface area contributed by atoms with Crippen molar-refractivity contribution in [2.75, 3.05) is 31.4 Å². The minimum atomic E-state index is -3.60. The number of anilines is 1. The maximum atomic E-state index is 12.3. The van der Waals surface area contributed by atoms with Crippen LogP contribution in [0, 0.1) is 0 Å². The molecule has 3 amide bonds. The fourth-order valence-corrected chi connectivity index (χ4v) is 3.27. The average Bonchev–Trinajstić information content (AvgIpc) is 2.51. The van der Waals surface area contributed by atoms with Crippen LogP contribution in [0.4, 0.5) is 10.5 Å². The normalized spacial score (nSPS) is 12.7. The number of sulfonamides is 1. The average molecular weight is 374 g/mol. The predicted molar refractivity (Wildman–Crippen MR) is 95.5 cm³/mol. The van der Waals surface area contributed by atoms with Crippen LogP contribution in [0.5, 0.6) is 0 Å². The minimum absolute atomic E-state index is 0.0637. The van der Waals surface area contributed by atoms with Gasteiger partial charge in [0.25, 0.3) is 0 Å². The molecule has 0 bridgehead atoms. The number of carbonyl (C=O) groups excluding carboxylic acids is 2. The Hall–Kier alpha value is -1.78. The van der Waals surface area contributed by atoms with Gasteiger partial charge < -0.3 is 16.4 Å². The van der Waals surface area contributed by atoms with E-state index in [-0.39, 0.29) is 4.90 Å². The summed E-state index contributed by atoms with van der Waals surface area (Å²) in [4.78, 5) is 23.4. The Morgan fingerprint density at radius 3 is 2.54 bits per heavy atom. The largest absolute Gasteiger partial charge is 0.352 e. The third kappa shape index (κ3) is 5.69. The summed E-state index contributed by atoms with van der Waals surface area (Å²) >= 11 is 1.53. The molecule has 134 valence electrons. The molecule has 8 nitrogen and oxygen atoms in total. The Morgan fingerprint density at radius 2 is 2.00 bits per heavy atom. The number of hydrogen-bond acceptors (Lipinski definition) is 5. The first-order valence-electron chi connectivity index (χ1n) is 7.07. The lowest BCUT2D eigenvalue weighted by molar-refractivity contribution is -0.117. The number of amides is 3. The first kappa shape index (κ1) is 20.3. The standard InChI is InChI=1S/C14H22N4O4S2/c1-18(2)24(21,22)11-6-4-5-10(9-11)16-13(19)12(7-8-23-3)17-14(15)20/h4-6,9,12H,7-8H2,1-3H3,(H,16,19)(H3,15,17,20)/t12-/m0/s1. The van der Waals surface area contributed by atoms with E-state index in [0.29, 0.717) is 17.9 Å². The van der Waals surface area contributed by atoms with E-state index in [2.05, 4.69) is 10.6 Å². The van der Waals surface area contributed by atoms with Crippen molar-refractivity contribution >= 4 is 39.4 Å². The van der Waals surface area contributed by atoms with Gasteiger partial charge in [-0.1, -0.05) is 6.07 Å². The minimum Gasteiger partial charge on any atom is -0.352 e. The number of primary amides is 1. The molecule has 0 heterocycles. The molecule has 1 aromatic rings. The SMILES string of the molecule is CSCC[C@H](NC(N)=O)C(=O)Nc1cccc(S(=O)(=O)N(C)C)c1. The second kappa shape index (κ2) is 8.90. The highest BCUT2D eigenvalue weighted by Crippen LogP contribution is 2.18. The lowest BCUT2D eigenvalue weighted by atomic mass is 10.2. The molecule has 1 rings (SSSR count). The molecular formula is C14H22N4O4S2. The summed E-state index contributed by atoms with van der Waals surface area (Å²) in [5.74, 6) is 0.204. The highest BCUT2D eigenvalue weighted by molar-refractivity contribution is 7.98. The Balaban J connectivity index is 2.94. The van der Waals surface area contributed by atoms with Crippen LogP contribution in [0.3, 0.4) is 0 Å². The summed E-state index contributed by atoms with van der Waals surface area (Å²) < 4.78 is 25.3. The van der Waals surface area contributed by atoms with Crippen LogP contribution in [-0.2, 0) is 14.8 Å². The number of nitrogens with one attached hydrogen (secondary N) is 2. The van der Waals surface area contributed by atoms with Crippen molar-refractivity contribution in [1.29, 1.82) is 0 Å². The third-order valence-electron chi connectivity index (χ3n) is 3.12. The Morgan fingerprint density at radius 1 is 1.33 bits per heavy atom. The molecule has 24 heavy (non-hydrogen) atoms. The molecule has 0 spiro atoms. The topological polar surface area (TPSA) is 122 Å². The lowest BCUT2D eigenvalue weighted by Gasteiger charge is -2.17. The zero-order chi connectivity index (χ0) is 18.3. The van der Waals surface area contributed by atoms with Gasteiger partial charge in [-0.2, -0.15) is 11.8 Å². The summed E-state index contributed by atoms with van der Waals surface area (Å²) in [5.41, 5.74) is 5.41. The van der Waals surface area contributed by atoms with Gasteiger partial charge in [0.1, 0.15) is 6.04 Å². The molecule has 4 N–H and O–H groups in total. The fraction of sp³-hybridized carbons (Fsp3) is 0.429. The Kier molecular flexibility index (Phi) is 7.52. The van der Waals surface area contributed by atoms with Crippen molar-refractivity contribution in [2.45, 2.75) is 17.4 Å². The maximum absolute atomic E-state index is 12.3. The van der Waals surface area contributed by atoms with Crippen LogP contribution in [0.1, 0.15) is 6.42 Å². The molecule has 0 saturated heterocycles. The monoisotopic (exact) mass is 374 g/mol. The quantitative estimate of drug-likeness (QED) is 0.617. The van der Waals surface area contributed by atoms with Crippen molar-refractivity contribution in [1.82, 2.24) is 9.62 Å². The van der Waals surface area contributed by atoms with Crippen LogP contribution in [0.15, 0.2) is 29.2 Å². The molecule has 0 unspecified atom stereocenters. The van der Waals surface area contributed by atoms with Gasteiger partial charge in [0.15, 0.2) is 0 Å². The second-order valence-electron chi connectivity index (χ2n) is 5.15. The molecule has 0 aliphatic carbocycles. The number of thioether (sulfide) groups is 1. The van der Waals surface area contributed by atoms with Gasteiger partial charge >= 0.3 is 6.03 Å². The summed E-state index contributed by atoms with van der Waals surface area (Å²) in [6.07, 6.45) is 2.29. The summed E-state index contributed by atoms with van der Waals surface area (Å²) in [6, 6.07) is 4.33. The van der Waals surface area contributed by atoms with Gasteiger partial charge in [0.2, 0.25) is 15.9 Å². The molecule has 0 saturated carbocycles. The number of nitrogens with two attached hydrogens (primary N) is 1. The van der Waals surface area contributed by atoms with E-state index in [4.69, 9.17) is 5.73 Å². The van der Waals surface area contributed by atoms with Gasteiger partial charge in [-0.25, -0.2) is 17.5 Å². The number of benzene rings is 1. The van der Waals surface area contributed by atoms with E-state index >= 15 is 0 Å². The molecule has 1 aromatic carbocycles. The number of hydrogen-bond donors (Lipinski definition) is 3. The van der Waals surface area contributed by atoms with Gasteiger partial charge in [-0.05, 0) is 36.6 Å². The number of nitrogens with zero attached hydrogens (tertiary/aromatic N) is 1. The zero-order valence-corrected chi connectivity index (χ0v) is 15.4. The van der Waals surface area contributed by atoms with Gasteiger partial charge in [-0.3, -0.25) is 4.79 Å². The highest BCUT2D eigenvalue weighted by Gasteiger charge is 2.21. The molecular weight excluding hydrogens is 352 g/mol. The van der Waals surface area contributed by atoms with Gasteiger partial charge in [-0.15, -0.1) is 0 Å². The molecule has 0 aliphatic heterocycles. The smallest absolute Gasteiger partial charge is 0.312 e. The van der Waals surface area contributed by atoms with Crippen molar-refractivity contribution in [2.24, 2.45) is 5.73 Å². The maximum Gasteiger partial charge on any atom is 0.312 e. The number of rotatable bonds is 8. The van der Waals surface area contributed by atoms with E-state index in [1.54, 1.807) is 6.07 Å². The van der Waals surface area contributed by atoms with Gasteiger partial charge in [0, 0.05) is 19.8 Å². The molecule has 0 aliphatic rings. The van der Waals surface area contributed by atoms with Crippen LogP contribution < -0.4 is 16.4 Å². The molecule has 0 radical (unpaired) electrons. The molecule has 10 heteroatoms. The second-order valence-corrected chi connectivity index (χ2v) is 8.28. The summed E-state index contributed by atoms with van der Waals surface area (Å²) in [5, 5.41) is 4.99. The number of urea groups is 1. The molecule has 0 aromatic heterocycles.